The van der Waals surface area contributed by atoms with Crippen molar-refractivity contribution in [3.8, 4) is 0 Å². The van der Waals surface area contributed by atoms with E-state index in [9.17, 15) is 4.79 Å². The van der Waals surface area contributed by atoms with Crippen LogP contribution < -0.4 is 5.32 Å². The largest absolute Gasteiger partial charge is 0.478 e. The van der Waals surface area contributed by atoms with Gasteiger partial charge in [0, 0.05) is 23.0 Å². The molecule has 2 rings (SSSR count). The number of nitrogens with one attached hydrogen (secondary N) is 1. The molecule has 0 saturated heterocycles. The number of hydrogen-bond acceptors (Lipinski definition) is 4. The first-order chi connectivity index (χ1) is 7.66. The number of aromatic carboxylic acids is 1. The zero-order chi connectivity index (χ0) is 11.5. The Morgan fingerprint density at radius 1 is 1.56 bits per heavy atom. The summed E-state index contributed by atoms with van der Waals surface area (Å²) >= 11 is 1.55. The highest BCUT2D eigenvalue weighted by atomic mass is 32.1. The van der Waals surface area contributed by atoms with Gasteiger partial charge in [0.05, 0.1) is 5.69 Å². The number of hydrogen-bond donors (Lipinski definition) is 2. The quantitative estimate of drug-likeness (QED) is 0.857. The smallest absolute Gasteiger partial charge is 0.339 e. The number of pyridine rings is 1. The minimum atomic E-state index is -0.981. The fraction of sp³-hybridized carbons (Fsp3) is 0.0909. The first-order valence-corrected chi connectivity index (χ1v) is 5.60. The van der Waals surface area contributed by atoms with E-state index >= 15 is 0 Å². The van der Waals surface area contributed by atoms with E-state index in [1.165, 1.54) is 6.20 Å². The zero-order valence-corrected chi connectivity index (χ0v) is 9.41. The van der Waals surface area contributed by atoms with Gasteiger partial charge < -0.3 is 10.4 Å². The van der Waals surface area contributed by atoms with Crippen molar-refractivity contribution in [2.24, 2.45) is 0 Å². The first kappa shape index (κ1) is 10.6. The first-order valence-electron chi connectivity index (χ1n) is 4.66. The van der Waals surface area contributed by atoms with Crippen LogP contribution in [0.2, 0.25) is 0 Å². The van der Waals surface area contributed by atoms with Crippen LogP contribution in [0.1, 0.15) is 16.1 Å². The predicted molar refractivity (Wildman–Crippen MR) is 63.5 cm³/mol. The number of rotatable bonds is 3. The molecule has 0 radical (unpaired) electrons. The summed E-state index contributed by atoms with van der Waals surface area (Å²) in [6, 6.07) is 3.62. The van der Waals surface area contributed by atoms with Crippen molar-refractivity contribution < 1.29 is 9.90 Å². The number of anilines is 2. The SMILES string of the molecule is Cc1cc(Nc2ccsc2)c(C(=O)O)cn1. The molecule has 2 aromatic heterocycles. The number of thiophene rings is 1. The number of carboxylic acids is 1. The van der Waals surface area contributed by atoms with Crippen molar-refractivity contribution in [2.75, 3.05) is 5.32 Å². The Morgan fingerprint density at radius 2 is 2.38 bits per heavy atom. The molecule has 2 heterocycles. The third-order valence-corrected chi connectivity index (χ3v) is 2.75. The van der Waals surface area contributed by atoms with Crippen molar-refractivity contribution in [3.63, 3.8) is 0 Å². The standard InChI is InChI=1S/C11H10N2O2S/c1-7-4-10(9(5-12-7)11(14)15)13-8-2-3-16-6-8/h2-6H,1H3,(H,12,13)(H,14,15). The summed E-state index contributed by atoms with van der Waals surface area (Å²) in [5.41, 5.74) is 2.41. The zero-order valence-electron chi connectivity index (χ0n) is 8.60. The maximum atomic E-state index is 11.0. The summed E-state index contributed by atoms with van der Waals surface area (Å²) in [5, 5.41) is 15.9. The number of aryl methyl sites for hydroxylation is 1. The van der Waals surface area contributed by atoms with E-state index in [0.29, 0.717) is 5.69 Å². The highest BCUT2D eigenvalue weighted by molar-refractivity contribution is 7.08. The Bertz CT molecular complexity index is 509. The highest BCUT2D eigenvalue weighted by Crippen LogP contribution is 2.22. The summed E-state index contributed by atoms with van der Waals surface area (Å²) in [5.74, 6) is -0.981. The fourth-order valence-electron chi connectivity index (χ4n) is 1.32. The Morgan fingerprint density at radius 3 is 3.00 bits per heavy atom. The van der Waals surface area contributed by atoms with Crippen LogP contribution in [-0.4, -0.2) is 16.1 Å². The Hall–Kier alpha value is -1.88. The molecule has 0 bridgehead atoms. The molecule has 0 aliphatic rings. The van der Waals surface area contributed by atoms with Gasteiger partial charge in [-0.3, -0.25) is 4.98 Å². The van der Waals surface area contributed by atoms with Gasteiger partial charge >= 0.3 is 5.97 Å². The van der Waals surface area contributed by atoms with E-state index in [4.69, 9.17) is 5.11 Å². The molecule has 4 nitrogen and oxygen atoms in total. The Labute approximate surface area is 96.6 Å². The van der Waals surface area contributed by atoms with Gasteiger partial charge in [-0.05, 0) is 24.4 Å². The molecular weight excluding hydrogens is 224 g/mol. The highest BCUT2D eigenvalue weighted by Gasteiger charge is 2.11. The summed E-state index contributed by atoms with van der Waals surface area (Å²) < 4.78 is 0. The maximum absolute atomic E-state index is 11.0. The summed E-state index contributed by atoms with van der Waals surface area (Å²) in [7, 11) is 0. The summed E-state index contributed by atoms with van der Waals surface area (Å²) in [6.45, 7) is 1.82. The van der Waals surface area contributed by atoms with Gasteiger partial charge in [-0.1, -0.05) is 0 Å². The van der Waals surface area contributed by atoms with Crippen LogP contribution in [0.15, 0.2) is 29.1 Å². The molecule has 0 spiro atoms. The van der Waals surface area contributed by atoms with Gasteiger partial charge in [0.25, 0.3) is 0 Å². The molecule has 82 valence electrons. The van der Waals surface area contributed by atoms with Crippen LogP contribution in [0, 0.1) is 6.92 Å². The van der Waals surface area contributed by atoms with E-state index in [2.05, 4.69) is 10.3 Å². The van der Waals surface area contributed by atoms with E-state index in [0.717, 1.165) is 11.4 Å². The van der Waals surface area contributed by atoms with Crippen molar-refractivity contribution in [1.29, 1.82) is 0 Å². The van der Waals surface area contributed by atoms with Crippen LogP contribution in [0.25, 0.3) is 0 Å². The van der Waals surface area contributed by atoms with Gasteiger partial charge in [-0.25, -0.2) is 4.79 Å². The number of carbonyl (C=O) groups is 1. The second kappa shape index (κ2) is 4.32. The number of carboxylic acid groups (broad SMARTS) is 1. The molecule has 0 amide bonds. The van der Waals surface area contributed by atoms with Gasteiger partial charge in [-0.2, -0.15) is 11.3 Å². The van der Waals surface area contributed by atoms with Crippen LogP contribution in [0.3, 0.4) is 0 Å². The normalized spacial score (nSPS) is 10.1. The number of aromatic nitrogens is 1. The molecule has 0 atom stereocenters. The minimum absolute atomic E-state index is 0.178. The summed E-state index contributed by atoms with van der Waals surface area (Å²) in [6.07, 6.45) is 1.37. The second-order valence-corrected chi connectivity index (χ2v) is 4.09. The van der Waals surface area contributed by atoms with E-state index in [-0.39, 0.29) is 5.56 Å². The molecule has 0 saturated carbocycles. The van der Waals surface area contributed by atoms with Gasteiger partial charge in [-0.15, -0.1) is 0 Å². The third-order valence-electron chi connectivity index (χ3n) is 2.07. The molecular formula is C11H10N2O2S. The lowest BCUT2D eigenvalue weighted by Gasteiger charge is -2.08. The Kier molecular flexibility index (Phi) is 2.87. The second-order valence-electron chi connectivity index (χ2n) is 3.31. The van der Waals surface area contributed by atoms with Crippen LogP contribution in [-0.2, 0) is 0 Å². The monoisotopic (exact) mass is 234 g/mol. The number of nitrogens with zero attached hydrogens (tertiary/aromatic N) is 1. The molecule has 2 aromatic rings. The molecule has 2 N–H and O–H groups in total. The molecule has 16 heavy (non-hydrogen) atoms. The molecule has 0 unspecified atom stereocenters. The fourth-order valence-corrected chi connectivity index (χ4v) is 1.91. The van der Waals surface area contributed by atoms with E-state index in [1.54, 1.807) is 17.4 Å². The van der Waals surface area contributed by atoms with Crippen LogP contribution >= 0.6 is 11.3 Å². The molecule has 5 heteroatoms. The minimum Gasteiger partial charge on any atom is -0.478 e. The third kappa shape index (κ3) is 2.20. The lowest BCUT2D eigenvalue weighted by molar-refractivity contribution is 0.0697. The predicted octanol–water partition coefficient (Wildman–Crippen LogP) is 2.89. The molecule has 0 aromatic carbocycles. The van der Waals surface area contributed by atoms with E-state index in [1.807, 2.05) is 23.8 Å². The lowest BCUT2D eigenvalue weighted by Crippen LogP contribution is -2.03. The average Bonchev–Trinajstić information content (AvgIpc) is 2.70. The molecule has 0 fully saturated rings. The van der Waals surface area contributed by atoms with Crippen LogP contribution in [0.4, 0.5) is 11.4 Å². The maximum Gasteiger partial charge on any atom is 0.339 e. The van der Waals surface area contributed by atoms with Gasteiger partial charge in [0.2, 0.25) is 0 Å². The van der Waals surface area contributed by atoms with Crippen molar-refractivity contribution in [3.05, 3.63) is 40.3 Å². The van der Waals surface area contributed by atoms with Gasteiger partial charge in [0.1, 0.15) is 5.56 Å². The average molecular weight is 234 g/mol. The molecule has 0 aliphatic carbocycles. The van der Waals surface area contributed by atoms with Gasteiger partial charge in [0.15, 0.2) is 0 Å². The van der Waals surface area contributed by atoms with Crippen molar-refractivity contribution in [1.82, 2.24) is 4.98 Å². The molecule has 0 aliphatic heterocycles. The topological polar surface area (TPSA) is 62.2 Å². The van der Waals surface area contributed by atoms with Crippen molar-refractivity contribution >= 4 is 28.7 Å². The van der Waals surface area contributed by atoms with E-state index < -0.39 is 5.97 Å². The van der Waals surface area contributed by atoms with Crippen LogP contribution in [0.5, 0.6) is 0 Å². The Balaban J connectivity index is 2.38. The summed E-state index contributed by atoms with van der Waals surface area (Å²) in [4.78, 5) is 15.0. The van der Waals surface area contributed by atoms with Crippen molar-refractivity contribution in [2.45, 2.75) is 6.92 Å². The lowest BCUT2D eigenvalue weighted by atomic mass is 10.2.